The monoisotopic (exact) mass is 268 g/mol. The number of hydrogen-bond acceptors (Lipinski definition) is 4. The average molecular weight is 268 g/mol. The van der Waals surface area contributed by atoms with Crippen molar-refractivity contribution in [1.29, 1.82) is 0 Å². The standard InChI is InChI=1S/C10H21O6P/c1-5(2)8-9(12)6(3)16-10(8)7(11)4-17(13,14)15/h5-12H,4H2,1-3H3,(H2,13,14,15)/t6-,7?,8?,9+,10+/m0/s1. The van der Waals surface area contributed by atoms with Crippen molar-refractivity contribution in [3.8, 4) is 0 Å². The van der Waals surface area contributed by atoms with Gasteiger partial charge in [0.1, 0.15) is 0 Å². The van der Waals surface area contributed by atoms with Crippen molar-refractivity contribution in [2.75, 3.05) is 6.16 Å². The minimum absolute atomic E-state index is 0.0615. The zero-order valence-electron chi connectivity index (χ0n) is 10.2. The second kappa shape index (κ2) is 5.34. The lowest BCUT2D eigenvalue weighted by Crippen LogP contribution is -2.39. The molecular weight excluding hydrogens is 247 g/mol. The summed E-state index contributed by atoms with van der Waals surface area (Å²) in [7, 11) is -4.28. The third-order valence-corrected chi connectivity index (χ3v) is 4.05. The van der Waals surface area contributed by atoms with Crippen molar-refractivity contribution in [1.82, 2.24) is 0 Å². The molecule has 0 bridgehead atoms. The van der Waals surface area contributed by atoms with Crippen LogP contribution in [0.3, 0.4) is 0 Å². The van der Waals surface area contributed by atoms with Gasteiger partial charge in [-0.2, -0.15) is 0 Å². The molecule has 5 atom stereocenters. The highest BCUT2D eigenvalue weighted by molar-refractivity contribution is 7.51. The molecule has 1 aliphatic heterocycles. The summed E-state index contributed by atoms with van der Waals surface area (Å²) in [4.78, 5) is 17.7. The lowest BCUT2D eigenvalue weighted by Gasteiger charge is -2.27. The Kier molecular flexibility index (Phi) is 4.74. The third kappa shape index (κ3) is 3.74. The fraction of sp³-hybridized carbons (Fsp3) is 1.00. The molecule has 1 aliphatic rings. The van der Waals surface area contributed by atoms with Gasteiger partial charge in [-0.25, -0.2) is 0 Å². The molecule has 1 saturated heterocycles. The highest BCUT2D eigenvalue weighted by atomic mass is 31.2. The van der Waals surface area contributed by atoms with Crippen molar-refractivity contribution in [2.45, 2.75) is 45.2 Å². The van der Waals surface area contributed by atoms with Gasteiger partial charge in [0.2, 0.25) is 0 Å². The van der Waals surface area contributed by atoms with E-state index in [4.69, 9.17) is 14.5 Å². The van der Waals surface area contributed by atoms with Crippen LogP contribution < -0.4 is 0 Å². The Balaban J connectivity index is 2.78. The normalized spacial score (nSPS) is 36.5. The van der Waals surface area contributed by atoms with E-state index in [0.717, 1.165) is 0 Å². The highest BCUT2D eigenvalue weighted by Crippen LogP contribution is 2.40. The minimum atomic E-state index is -4.28. The van der Waals surface area contributed by atoms with E-state index in [2.05, 4.69) is 0 Å². The van der Waals surface area contributed by atoms with Gasteiger partial charge in [0.15, 0.2) is 0 Å². The van der Waals surface area contributed by atoms with E-state index in [1.54, 1.807) is 6.92 Å². The molecule has 0 saturated carbocycles. The first-order valence-electron chi connectivity index (χ1n) is 5.69. The zero-order chi connectivity index (χ0) is 13.4. The largest absolute Gasteiger partial charge is 0.390 e. The topological polar surface area (TPSA) is 107 Å². The third-order valence-electron chi connectivity index (χ3n) is 3.20. The SMILES string of the molecule is CC(C)C1[C@@H](C(O)CP(=O)(O)O)O[C@@H](C)[C@H]1O. The summed E-state index contributed by atoms with van der Waals surface area (Å²) in [5, 5.41) is 19.7. The molecule has 17 heavy (non-hydrogen) atoms. The van der Waals surface area contributed by atoms with E-state index in [1.165, 1.54) is 0 Å². The summed E-state index contributed by atoms with van der Waals surface area (Å²) in [5.74, 6) is -0.252. The van der Waals surface area contributed by atoms with Crippen LogP contribution in [0.2, 0.25) is 0 Å². The molecule has 102 valence electrons. The maximum Gasteiger partial charge on any atom is 0.328 e. The quantitative estimate of drug-likeness (QED) is 0.532. The molecule has 0 aromatic rings. The average Bonchev–Trinajstić information content (AvgIpc) is 2.40. The van der Waals surface area contributed by atoms with Gasteiger partial charge < -0.3 is 24.7 Å². The van der Waals surface area contributed by atoms with Gasteiger partial charge in [0.05, 0.1) is 30.6 Å². The highest BCUT2D eigenvalue weighted by Gasteiger charge is 2.47. The zero-order valence-corrected chi connectivity index (χ0v) is 11.1. The van der Waals surface area contributed by atoms with Crippen LogP contribution in [-0.2, 0) is 9.30 Å². The smallest absolute Gasteiger partial charge is 0.328 e. The van der Waals surface area contributed by atoms with Gasteiger partial charge in [0.25, 0.3) is 0 Å². The maximum atomic E-state index is 10.9. The van der Waals surface area contributed by atoms with Crippen LogP contribution in [0.4, 0.5) is 0 Å². The first-order chi connectivity index (χ1) is 7.63. The molecule has 0 aromatic carbocycles. The lowest BCUT2D eigenvalue weighted by molar-refractivity contribution is -0.0410. The molecule has 1 rings (SSSR count). The number of ether oxygens (including phenoxy) is 1. The minimum Gasteiger partial charge on any atom is -0.390 e. The molecule has 2 unspecified atom stereocenters. The summed E-state index contributed by atoms with van der Waals surface area (Å²) >= 11 is 0. The molecule has 4 N–H and O–H groups in total. The summed E-state index contributed by atoms with van der Waals surface area (Å²) in [5.41, 5.74) is 0. The summed E-state index contributed by atoms with van der Waals surface area (Å²) in [6.45, 7) is 5.45. The molecule has 0 radical (unpaired) electrons. The second-order valence-corrected chi connectivity index (χ2v) is 6.73. The fourth-order valence-electron chi connectivity index (χ4n) is 2.39. The lowest BCUT2D eigenvalue weighted by atomic mass is 9.84. The predicted octanol–water partition coefficient (Wildman–Crippen LogP) is -0.0546. The van der Waals surface area contributed by atoms with E-state index < -0.39 is 38.2 Å². The Hall–Kier alpha value is 0.0300. The van der Waals surface area contributed by atoms with Crippen LogP contribution in [0.15, 0.2) is 0 Å². The van der Waals surface area contributed by atoms with E-state index >= 15 is 0 Å². The molecule has 0 aromatic heterocycles. The van der Waals surface area contributed by atoms with Gasteiger partial charge in [-0.1, -0.05) is 13.8 Å². The van der Waals surface area contributed by atoms with Crippen LogP contribution in [-0.4, -0.2) is 50.6 Å². The summed E-state index contributed by atoms with van der Waals surface area (Å²) < 4.78 is 16.3. The molecule has 0 spiro atoms. The number of rotatable bonds is 4. The number of aliphatic hydroxyl groups is 2. The van der Waals surface area contributed by atoms with Crippen molar-refractivity contribution in [3.05, 3.63) is 0 Å². The molecule has 6 nitrogen and oxygen atoms in total. The van der Waals surface area contributed by atoms with Gasteiger partial charge in [-0.15, -0.1) is 0 Å². The molecule has 1 heterocycles. The fourth-order valence-corrected chi connectivity index (χ4v) is 3.09. The summed E-state index contributed by atoms with van der Waals surface area (Å²) in [6, 6.07) is 0. The maximum absolute atomic E-state index is 10.9. The van der Waals surface area contributed by atoms with E-state index in [-0.39, 0.29) is 11.8 Å². The molecule has 0 amide bonds. The Morgan fingerprint density at radius 2 is 1.88 bits per heavy atom. The predicted molar refractivity (Wildman–Crippen MR) is 61.6 cm³/mol. The van der Waals surface area contributed by atoms with Crippen LogP contribution >= 0.6 is 7.60 Å². The number of hydrogen-bond donors (Lipinski definition) is 4. The van der Waals surface area contributed by atoms with E-state index in [9.17, 15) is 14.8 Å². The first-order valence-corrected chi connectivity index (χ1v) is 7.49. The van der Waals surface area contributed by atoms with Crippen molar-refractivity contribution in [3.63, 3.8) is 0 Å². The molecule has 0 aliphatic carbocycles. The van der Waals surface area contributed by atoms with Crippen molar-refractivity contribution >= 4 is 7.60 Å². The molecular formula is C10H21O6P. The van der Waals surface area contributed by atoms with E-state index in [1.807, 2.05) is 13.8 Å². The summed E-state index contributed by atoms with van der Waals surface area (Å²) in [6.07, 6.45) is -3.78. The Labute approximate surface area is 101 Å². The Morgan fingerprint density at radius 3 is 2.29 bits per heavy atom. The van der Waals surface area contributed by atoms with Gasteiger partial charge in [-0.3, -0.25) is 4.57 Å². The van der Waals surface area contributed by atoms with Crippen LogP contribution in [0.5, 0.6) is 0 Å². The van der Waals surface area contributed by atoms with Crippen LogP contribution in [0.25, 0.3) is 0 Å². The van der Waals surface area contributed by atoms with E-state index in [0.29, 0.717) is 0 Å². The first kappa shape index (κ1) is 15.1. The molecule has 1 fully saturated rings. The van der Waals surface area contributed by atoms with Crippen LogP contribution in [0.1, 0.15) is 20.8 Å². The van der Waals surface area contributed by atoms with Gasteiger partial charge in [0, 0.05) is 5.92 Å². The molecule has 7 heteroatoms. The van der Waals surface area contributed by atoms with Crippen molar-refractivity contribution < 1.29 is 29.3 Å². The van der Waals surface area contributed by atoms with Gasteiger partial charge in [-0.05, 0) is 12.8 Å². The van der Waals surface area contributed by atoms with Crippen molar-refractivity contribution in [2.24, 2.45) is 11.8 Å². The van der Waals surface area contributed by atoms with Gasteiger partial charge >= 0.3 is 7.60 Å². The second-order valence-electron chi connectivity index (χ2n) is 5.03. The van der Waals surface area contributed by atoms with Crippen LogP contribution in [0, 0.1) is 11.8 Å². The Morgan fingerprint density at radius 1 is 1.35 bits per heavy atom. The number of aliphatic hydroxyl groups excluding tert-OH is 2. The Bertz CT molecular complexity index is 301.